The number of benzene rings is 1. The molecule has 24 heavy (non-hydrogen) atoms. The molecule has 1 aliphatic rings. The van der Waals surface area contributed by atoms with E-state index in [1.807, 2.05) is 13.8 Å². The lowest BCUT2D eigenvalue weighted by molar-refractivity contribution is -0.137. The predicted molar refractivity (Wildman–Crippen MR) is 84.3 cm³/mol. The monoisotopic (exact) mass is 344 g/mol. The fourth-order valence-electron chi connectivity index (χ4n) is 3.17. The lowest BCUT2D eigenvalue weighted by Crippen LogP contribution is -2.40. The van der Waals surface area contributed by atoms with E-state index in [1.54, 1.807) is 15.9 Å². The Hall–Kier alpha value is -1.60. The van der Waals surface area contributed by atoms with E-state index >= 15 is 0 Å². The number of aliphatic hydroxyl groups is 1. The maximum absolute atomic E-state index is 12.9. The lowest BCUT2D eigenvalue weighted by Gasteiger charge is -2.27. The van der Waals surface area contributed by atoms with Gasteiger partial charge in [-0.25, -0.2) is 0 Å². The van der Waals surface area contributed by atoms with Crippen molar-refractivity contribution >= 4 is 5.91 Å². The maximum Gasteiger partial charge on any atom is 0.416 e. The van der Waals surface area contributed by atoms with Crippen molar-refractivity contribution in [1.29, 1.82) is 0 Å². The molecular weight excluding hydrogens is 321 g/mol. The zero-order valence-corrected chi connectivity index (χ0v) is 13.9. The van der Waals surface area contributed by atoms with E-state index in [9.17, 15) is 23.1 Å². The molecule has 1 saturated heterocycles. The van der Waals surface area contributed by atoms with Crippen LogP contribution in [0.25, 0.3) is 0 Å². The van der Waals surface area contributed by atoms with Crippen LogP contribution in [0.2, 0.25) is 0 Å². The van der Waals surface area contributed by atoms with Crippen molar-refractivity contribution in [2.24, 2.45) is 0 Å². The highest BCUT2D eigenvalue weighted by atomic mass is 19.4. The van der Waals surface area contributed by atoms with Gasteiger partial charge in [0.25, 0.3) is 0 Å². The van der Waals surface area contributed by atoms with Crippen LogP contribution in [0.5, 0.6) is 0 Å². The quantitative estimate of drug-likeness (QED) is 0.893. The number of likely N-dealkylation sites (tertiary alicyclic amines) is 1. The van der Waals surface area contributed by atoms with Gasteiger partial charge in [0.1, 0.15) is 0 Å². The number of carbonyl (C=O) groups excluding carboxylic acids is 1. The first-order chi connectivity index (χ1) is 11.3. The van der Waals surface area contributed by atoms with E-state index in [2.05, 4.69) is 0 Å². The molecular formula is C17H23F3N2O2. The van der Waals surface area contributed by atoms with Gasteiger partial charge >= 0.3 is 6.18 Å². The highest BCUT2D eigenvalue weighted by molar-refractivity contribution is 5.78. The first-order valence-corrected chi connectivity index (χ1v) is 8.13. The van der Waals surface area contributed by atoms with E-state index in [4.69, 9.17) is 0 Å². The summed E-state index contributed by atoms with van der Waals surface area (Å²) in [4.78, 5) is 15.7. The van der Waals surface area contributed by atoms with Gasteiger partial charge < -0.3 is 10.0 Å². The van der Waals surface area contributed by atoms with Crippen LogP contribution in [0, 0.1) is 0 Å². The Morgan fingerprint density at radius 2 is 2.00 bits per heavy atom. The number of carbonyl (C=O) groups is 1. The third kappa shape index (κ3) is 4.27. The van der Waals surface area contributed by atoms with Crippen molar-refractivity contribution < 1.29 is 23.1 Å². The Labute approximate surface area is 139 Å². The molecule has 7 heteroatoms. The second-order valence-electron chi connectivity index (χ2n) is 6.02. The number of rotatable bonds is 5. The maximum atomic E-state index is 12.9. The summed E-state index contributed by atoms with van der Waals surface area (Å²) in [5.74, 6) is -0.0777. The molecule has 0 aliphatic carbocycles. The number of nitrogens with zero attached hydrogens (tertiary/aromatic N) is 2. The number of alkyl halides is 3. The molecule has 0 radical (unpaired) electrons. The van der Waals surface area contributed by atoms with Crippen LogP contribution in [0.15, 0.2) is 24.3 Å². The first-order valence-electron chi connectivity index (χ1n) is 8.13. The molecule has 1 aromatic carbocycles. The Balaban J connectivity index is 2.20. The average Bonchev–Trinajstić information content (AvgIpc) is 2.88. The average molecular weight is 344 g/mol. The highest BCUT2D eigenvalue weighted by Crippen LogP contribution is 2.36. The van der Waals surface area contributed by atoms with E-state index in [-0.39, 0.29) is 25.0 Å². The van der Waals surface area contributed by atoms with Crippen molar-refractivity contribution in [3.8, 4) is 0 Å². The number of amides is 1. The number of halogens is 3. The minimum absolute atomic E-state index is 0.0777. The van der Waals surface area contributed by atoms with Crippen LogP contribution in [-0.2, 0) is 11.0 Å². The van der Waals surface area contributed by atoms with Crippen molar-refractivity contribution in [2.45, 2.75) is 38.6 Å². The van der Waals surface area contributed by atoms with Gasteiger partial charge in [-0.2, -0.15) is 13.2 Å². The summed E-state index contributed by atoms with van der Waals surface area (Å²) >= 11 is 0. The second-order valence-corrected chi connectivity index (χ2v) is 6.02. The van der Waals surface area contributed by atoms with Crippen LogP contribution in [-0.4, -0.2) is 53.1 Å². The largest absolute Gasteiger partial charge is 0.416 e. The standard InChI is InChI=1S/C17H23F3N2O2/c1-3-21(4-2)16(24)11-22-10-14(23)9-15(22)12-6-5-7-13(8-12)17(18,19)20/h5-8,14-15,23H,3-4,9-11H2,1-2H3/t14-,15-/m1/s1. The number of hydrogen-bond donors (Lipinski definition) is 1. The van der Waals surface area contributed by atoms with Gasteiger partial charge in [0.05, 0.1) is 18.2 Å². The van der Waals surface area contributed by atoms with Gasteiger partial charge in [-0.05, 0) is 38.0 Å². The SMILES string of the molecule is CCN(CC)C(=O)CN1C[C@H](O)C[C@@H]1c1cccc(C(F)(F)F)c1. The summed E-state index contributed by atoms with van der Waals surface area (Å²) in [5, 5.41) is 9.94. The van der Waals surface area contributed by atoms with Crippen LogP contribution in [0.3, 0.4) is 0 Å². The van der Waals surface area contributed by atoms with Gasteiger partial charge in [-0.3, -0.25) is 9.69 Å². The highest BCUT2D eigenvalue weighted by Gasteiger charge is 2.36. The summed E-state index contributed by atoms with van der Waals surface area (Å²) in [6.45, 7) is 5.31. The summed E-state index contributed by atoms with van der Waals surface area (Å²) in [5.41, 5.74) is -0.231. The third-order valence-corrected chi connectivity index (χ3v) is 4.43. The molecule has 1 fully saturated rings. The van der Waals surface area contributed by atoms with E-state index in [1.165, 1.54) is 6.07 Å². The van der Waals surface area contributed by atoms with Gasteiger partial charge in [0.15, 0.2) is 0 Å². The molecule has 0 aromatic heterocycles. The third-order valence-electron chi connectivity index (χ3n) is 4.43. The fourth-order valence-corrected chi connectivity index (χ4v) is 3.17. The van der Waals surface area contributed by atoms with Crippen molar-refractivity contribution in [1.82, 2.24) is 9.80 Å². The van der Waals surface area contributed by atoms with Crippen molar-refractivity contribution in [3.05, 3.63) is 35.4 Å². The summed E-state index contributed by atoms with van der Waals surface area (Å²) in [7, 11) is 0. The first kappa shape index (κ1) is 18.7. The number of β-amino-alcohol motifs (C(OH)–C–C–N with tert-alkyl or cyclic N) is 1. The molecule has 0 spiro atoms. The lowest BCUT2D eigenvalue weighted by atomic mass is 10.0. The molecule has 0 saturated carbocycles. The van der Waals surface area contributed by atoms with Crippen molar-refractivity contribution in [2.75, 3.05) is 26.2 Å². The molecule has 1 aromatic rings. The van der Waals surface area contributed by atoms with Gasteiger partial charge in [-0.1, -0.05) is 12.1 Å². The minimum Gasteiger partial charge on any atom is -0.392 e. The molecule has 2 atom stereocenters. The molecule has 1 amide bonds. The Bertz CT molecular complexity index is 573. The summed E-state index contributed by atoms with van der Waals surface area (Å²) in [6.07, 6.45) is -4.73. The van der Waals surface area contributed by atoms with Crippen LogP contribution in [0.4, 0.5) is 13.2 Å². The normalized spacial score (nSPS) is 21.9. The zero-order chi connectivity index (χ0) is 17.9. The smallest absolute Gasteiger partial charge is 0.392 e. The van der Waals surface area contributed by atoms with E-state index in [0.29, 0.717) is 25.1 Å². The van der Waals surface area contributed by atoms with Crippen LogP contribution < -0.4 is 0 Å². The molecule has 0 bridgehead atoms. The van der Waals surface area contributed by atoms with Gasteiger partial charge in [0, 0.05) is 25.7 Å². The molecule has 1 aliphatic heterocycles. The Kier molecular flexibility index (Phi) is 5.87. The Morgan fingerprint density at radius 3 is 2.58 bits per heavy atom. The predicted octanol–water partition coefficient (Wildman–Crippen LogP) is 2.68. The molecule has 0 unspecified atom stereocenters. The fraction of sp³-hybridized carbons (Fsp3) is 0.588. The van der Waals surface area contributed by atoms with Gasteiger partial charge in [0.2, 0.25) is 5.91 Å². The molecule has 1 heterocycles. The second kappa shape index (κ2) is 7.53. The zero-order valence-electron chi connectivity index (χ0n) is 13.9. The van der Waals surface area contributed by atoms with E-state index in [0.717, 1.165) is 12.1 Å². The number of hydrogen-bond acceptors (Lipinski definition) is 3. The van der Waals surface area contributed by atoms with Crippen LogP contribution >= 0.6 is 0 Å². The number of aliphatic hydroxyl groups excluding tert-OH is 1. The topological polar surface area (TPSA) is 43.8 Å². The summed E-state index contributed by atoms with van der Waals surface area (Å²) in [6, 6.07) is 4.74. The minimum atomic E-state index is -4.41. The van der Waals surface area contributed by atoms with E-state index < -0.39 is 17.8 Å². The molecule has 134 valence electrons. The van der Waals surface area contributed by atoms with Crippen molar-refractivity contribution in [3.63, 3.8) is 0 Å². The van der Waals surface area contributed by atoms with Gasteiger partial charge in [-0.15, -0.1) is 0 Å². The molecule has 2 rings (SSSR count). The Morgan fingerprint density at radius 1 is 1.33 bits per heavy atom. The number of likely N-dealkylation sites (N-methyl/N-ethyl adjacent to an activating group) is 1. The molecule has 4 nitrogen and oxygen atoms in total. The van der Waals surface area contributed by atoms with Crippen LogP contribution in [0.1, 0.15) is 37.4 Å². The summed E-state index contributed by atoms with van der Waals surface area (Å²) < 4.78 is 38.7. The molecule has 1 N–H and O–H groups in total.